The standard InChI is InChI=1S/C13H13NO5/c15-9-2-1-3-10(16)11(9)12(17)14-8-5-4-7(6-8)13(18)19/h1-5,7-8,15-16H,6H2,(H,14,17)(H,18,19). The van der Waals surface area contributed by atoms with Crippen LogP contribution in [0.15, 0.2) is 30.4 Å². The third-order valence-corrected chi connectivity index (χ3v) is 2.96. The van der Waals surface area contributed by atoms with Gasteiger partial charge in [0.05, 0.1) is 5.92 Å². The Balaban J connectivity index is 2.07. The van der Waals surface area contributed by atoms with Gasteiger partial charge in [-0.05, 0) is 18.6 Å². The Morgan fingerprint density at radius 1 is 1.16 bits per heavy atom. The molecule has 0 aliphatic heterocycles. The largest absolute Gasteiger partial charge is 0.507 e. The van der Waals surface area contributed by atoms with E-state index in [4.69, 9.17) is 5.11 Å². The minimum absolute atomic E-state index is 0.213. The van der Waals surface area contributed by atoms with E-state index in [1.165, 1.54) is 24.3 Å². The molecular weight excluding hydrogens is 250 g/mol. The smallest absolute Gasteiger partial charge is 0.310 e. The molecule has 100 valence electrons. The maximum Gasteiger partial charge on any atom is 0.310 e. The Morgan fingerprint density at radius 2 is 1.79 bits per heavy atom. The normalized spacial score (nSPS) is 21.3. The van der Waals surface area contributed by atoms with Gasteiger partial charge in [0.15, 0.2) is 0 Å². The third-order valence-electron chi connectivity index (χ3n) is 2.96. The fraction of sp³-hybridized carbons (Fsp3) is 0.231. The summed E-state index contributed by atoms with van der Waals surface area (Å²) in [6, 6.07) is 3.57. The summed E-state index contributed by atoms with van der Waals surface area (Å²) in [5.41, 5.74) is -0.213. The maximum atomic E-state index is 11.9. The van der Waals surface area contributed by atoms with E-state index < -0.39 is 23.8 Å². The van der Waals surface area contributed by atoms with Gasteiger partial charge in [-0.25, -0.2) is 0 Å². The topological polar surface area (TPSA) is 107 Å². The molecule has 2 unspecified atom stereocenters. The first-order chi connectivity index (χ1) is 8.99. The lowest BCUT2D eigenvalue weighted by Crippen LogP contribution is -2.33. The molecule has 0 fully saturated rings. The summed E-state index contributed by atoms with van der Waals surface area (Å²) in [7, 11) is 0. The number of carbonyl (C=O) groups is 2. The fourth-order valence-corrected chi connectivity index (χ4v) is 1.99. The zero-order valence-electron chi connectivity index (χ0n) is 9.91. The molecule has 19 heavy (non-hydrogen) atoms. The Kier molecular flexibility index (Phi) is 3.41. The Labute approximate surface area is 109 Å². The molecule has 6 heteroatoms. The number of amides is 1. The van der Waals surface area contributed by atoms with Crippen molar-refractivity contribution in [2.75, 3.05) is 0 Å². The summed E-state index contributed by atoms with van der Waals surface area (Å²) in [4.78, 5) is 22.7. The Morgan fingerprint density at radius 3 is 2.32 bits per heavy atom. The molecule has 0 aromatic heterocycles. The lowest BCUT2D eigenvalue weighted by Gasteiger charge is -2.13. The molecule has 0 bridgehead atoms. The van der Waals surface area contributed by atoms with Crippen molar-refractivity contribution in [2.45, 2.75) is 12.5 Å². The van der Waals surface area contributed by atoms with Crippen LogP contribution in [0, 0.1) is 5.92 Å². The van der Waals surface area contributed by atoms with E-state index in [0.717, 1.165) is 0 Å². The molecule has 1 aliphatic carbocycles. The zero-order valence-corrected chi connectivity index (χ0v) is 9.91. The van der Waals surface area contributed by atoms with Crippen molar-refractivity contribution >= 4 is 11.9 Å². The van der Waals surface area contributed by atoms with E-state index in [0.29, 0.717) is 0 Å². The van der Waals surface area contributed by atoms with Crippen molar-refractivity contribution in [3.05, 3.63) is 35.9 Å². The second kappa shape index (κ2) is 5.01. The molecule has 0 saturated heterocycles. The van der Waals surface area contributed by atoms with Crippen LogP contribution in [0.2, 0.25) is 0 Å². The molecule has 4 N–H and O–H groups in total. The summed E-state index contributed by atoms with van der Waals surface area (Å²) >= 11 is 0. The first kappa shape index (κ1) is 12.9. The van der Waals surface area contributed by atoms with Gasteiger partial charge in [-0.1, -0.05) is 18.2 Å². The quantitative estimate of drug-likeness (QED) is 0.605. The molecule has 6 nitrogen and oxygen atoms in total. The second-order valence-corrected chi connectivity index (χ2v) is 4.32. The highest BCUT2D eigenvalue weighted by atomic mass is 16.4. The van der Waals surface area contributed by atoms with Crippen LogP contribution >= 0.6 is 0 Å². The van der Waals surface area contributed by atoms with Crippen LogP contribution in [-0.2, 0) is 4.79 Å². The highest BCUT2D eigenvalue weighted by molar-refractivity contribution is 5.99. The van der Waals surface area contributed by atoms with E-state index in [1.54, 1.807) is 6.08 Å². The van der Waals surface area contributed by atoms with Gasteiger partial charge in [0.2, 0.25) is 0 Å². The highest BCUT2D eigenvalue weighted by Gasteiger charge is 2.27. The molecule has 1 aliphatic rings. The van der Waals surface area contributed by atoms with E-state index in [1.807, 2.05) is 0 Å². The number of hydrogen-bond donors (Lipinski definition) is 4. The number of benzene rings is 1. The average molecular weight is 263 g/mol. The van der Waals surface area contributed by atoms with Crippen molar-refractivity contribution in [3.8, 4) is 11.5 Å². The molecule has 0 spiro atoms. The van der Waals surface area contributed by atoms with Gasteiger partial charge in [0, 0.05) is 6.04 Å². The van der Waals surface area contributed by atoms with Crippen LogP contribution in [0.3, 0.4) is 0 Å². The molecule has 0 heterocycles. The molecule has 0 radical (unpaired) electrons. The number of phenolic OH excluding ortho intramolecular Hbond substituents is 2. The molecule has 1 aromatic carbocycles. The van der Waals surface area contributed by atoms with Gasteiger partial charge in [-0.15, -0.1) is 0 Å². The summed E-state index contributed by atoms with van der Waals surface area (Å²) in [6.07, 6.45) is 3.36. The average Bonchev–Trinajstić information content (AvgIpc) is 2.77. The molecular formula is C13H13NO5. The predicted molar refractivity (Wildman–Crippen MR) is 65.9 cm³/mol. The number of aliphatic carboxylic acids is 1. The van der Waals surface area contributed by atoms with Crippen LogP contribution in [0.4, 0.5) is 0 Å². The first-order valence-electron chi connectivity index (χ1n) is 5.72. The van der Waals surface area contributed by atoms with Gasteiger partial charge in [0.1, 0.15) is 17.1 Å². The summed E-state index contributed by atoms with van der Waals surface area (Å²) in [5.74, 6) is -2.86. The monoisotopic (exact) mass is 263 g/mol. The fourth-order valence-electron chi connectivity index (χ4n) is 1.99. The third kappa shape index (κ3) is 2.67. The number of rotatable bonds is 3. The van der Waals surface area contributed by atoms with Gasteiger partial charge in [0.25, 0.3) is 5.91 Å². The number of carbonyl (C=O) groups excluding carboxylic acids is 1. The van der Waals surface area contributed by atoms with Gasteiger partial charge in [-0.2, -0.15) is 0 Å². The SMILES string of the molecule is O=C(NC1C=CC(C(=O)O)C1)c1c(O)cccc1O. The molecule has 2 atom stereocenters. The predicted octanol–water partition coefficient (Wildman–Crippen LogP) is 0.857. The number of nitrogens with one attached hydrogen (secondary N) is 1. The van der Waals surface area contributed by atoms with Crippen molar-refractivity contribution in [3.63, 3.8) is 0 Å². The van der Waals surface area contributed by atoms with Crippen LogP contribution < -0.4 is 5.32 Å². The highest BCUT2D eigenvalue weighted by Crippen LogP contribution is 2.27. The van der Waals surface area contributed by atoms with Crippen molar-refractivity contribution in [1.29, 1.82) is 0 Å². The number of aromatic hydroxyl groups is 2. The minimum Gasteiger partial charge on any atom is -0.507 e. The summed E-state index contributed by atoms with van der Waals surface area (Å²) < 4.78 is 0. The van der Waals surface area contributed by atoms with Crippen LogP contribution in [0.5, 0.6) is 11.5 Å². The van der Waals surface area contributed by atoms with Crippen LogP contribution in [0.25, 0.3) is 0 Å². The lowest BCUT2D eigenvalue weighted by atomic mass is 10.1. The van der Waals surface area contributed by atoms with Gasteiger partial charge in [-0.3, -0.25) is 9.59 Å². The lowest BCUT2D eigenvalue weighted by molar-refractivity contribution is -0.140. The van der Waals surface area contributed by atoms with E-state index in [-0.39, 0.29) is 23.5 Å². The molecule has 0 saturated carbocycles. The van der Waals surface area contributed by atoms with E-state index >= 15 is 0 Å². The summed E-state index contributed by atoms with van der Waals surface area (Å²) in [6.45, 7) is 0. The minimum atomic E-state index is -0.946. The Hall–Kier alpha value is -2.50. The zero-order chi connectivity index (χ0) is 14.0. The molecule has 1 aromatic rings. The first-order valence-corrected chi connectivity index (χ1v) is 5.72. The molecule has 1 amide bonds. The molecule has 2 rings (SSSR count). The van der Waals surface area contributed by atoms with Crippen molar-refractivity contribution in [2.24, 2.45) is 5.92 Å². The van der Waals surface area contributed by atoms with Crippen LogP contribution in [-0.4, -0.2) is 33.2 Å². The number of hydrogen-bond acceptors (Lipinski definition) is 4. The van der Waals surface area contributed by atoms with Crippen molar-refractivity contribution in [1.82, 2.24) is 5.32 Å². The number of carboxylic acids is 1. The number of carboxylic acid groups (broad SMARTS) is 1. The second-order valence-electron chi connectivity index (χ2n) is 4.32. The van der Waals surface area contributed by atoms with Gasteiger partial charge >= 0.3 is 5.97 Å². The van der Waals surface area contributed by atoms with E-state index in [9.17, 15) is 19.8 Å². The van der Waals surface area contributed by atoms with E-state index in [2.05, 4.69) is 5.32 Å². The number of phenols is 2. The van der Waals surface area contributed by atoms with Gasteiger partial charge < -0.3 is 20.6 Å². The maximum absolute atomic E-state index is 11.9. The van der Waals surface area contributed by atoms with Crippen LogP contribution in [0.1, 0.15) is 16.8 Å². The summed E-state index contributed by atoms with van der Waals surface area (Å²) in [5, 5.41) is 30.5. The Bertz CT molecular complexity index is 532. The van der Waals surface area contributed by atoms with Crippen molar-refractivity contribution < 1.29 is 24.9 Å².